The molecule has 8 heteroatoms. The fourth-order valence-corrected chi connectivity index (χ4v) is 4.81. The minimum Gasteiger partial charge on any atom is -0.497 e. The van der Waals surface area contributed by atoms with Gasteiger partial charge in [-0.15, -0.1) is 0 Å². The quantitative estimate of drug-likeness (QED) is 0.511. The molecule has 0 saturated heterocycles. The Morgan fingerprint density at radius 3 is 2.53 bits per heavy atom. The maximum Gasteiger partial charge on any atom is 0.338 e. The SMILES string of the molecule is COC(=O)C1=C(C)N=c2sc(=Cc3ccc(OC)cc3OC)c(=O)n2C1C=Cc1ccccc1. The fraction of sp³-hybridized carbons (Fsp3) is 0.192. The van der Waals surface area contributed by atoms with Gasteiger partial charge in [0.05, 0.1) is 43.2 Å². The molecule has 1 unspecified atom stereocenters. The average molecular weight is 477 g/mol. The number of carbonyl (C=O) groups is 1. The Morgan fingerprint density at radius 1 is 1.09 bits per heavy atom. The number of aromatic nitrogens is 1. The van der Waals surface area contributed by atoms with Gasteiger partial charge in [-0.05, 0) is 30.7 Å². The number of hydrogen-bond donors (Lipinski definition) is 0. The first-order valence-corrected chi connectivity index (χ1v) is 11.3. The van der Waals surface area contributed by atoms with Crippen LogP contribution in [0.2, 0.25) is 0 Å². The molecule has 0 aliphatic carbocycles. The van der Waals surface area contributed by atoms with Crippen molar-refractivity contribution >= 4 is 29.5 Å². The molecular weight excluding hydrogens is 452 g/mol. The number of fused-ring (bicyclic) bond motifs is 1. The molecule has 34 heavy (non-hydrogen) atoms. The molecule has 0 radical (unpaired) electrons. The number of ether oxygens (including phenoxy) is 3. The summed E-state index contributed by atoms with van der Waals surface area (Å²) >= 11 is 1.26. The second kappa shape index (κ2) is 9.93. The summed E-state index contributed by atoms with van der Waals surface area (Å²) in [5.74, 6) is 0.715. The van der Waals surface area contributed by atoms with E-state index in [4.69, 9.17) is 14.2 Å². The maximum absolute atomic E-state index is 13.5. The summed E-state index contributed by atoms with van der Waals surface area (Å²) in [4.78, 5) is 31.2. The van der Waals surface area contributed by atoms with Crippen molar-refractivity contribution in [3.8, 4) is 11.5 Å². The minimum atomic E-state index is -0.649. The summed E-state index contributed by atoms with van der Waals surface area (Å²) < 4.78 is 17.7. The van der Waals surface area contributed by atoms with Gasteiger partial charge in [0, 0.05) is 11.6 Å². The molecule has 0 spiro atoms. The molecule has 1 aliphatic rings. The lowest BCUT2D eigenvalue weighted by atomic mass is 10.0. The number of benzene rings is 2. The zero-order chi connectivity index (χ0) is 24.2. The molecule has 2 aromatic carbocycles. The summed E-state index contributed by atoms with van der Waals surface area (Å²) in [5, 5.41) is 0. The predicted octanol–water partition coefficient (Wildman–Crippen LogP) is 3.09. The van der Waals surface area contributed by atoms with E-state index in [1.165, 1.54) is 23.0 Å². The lowest BCUT2D eigenvalue weighted by molar-refractivity contribution is -0.136. The van der Waals surface area contributed by atoms with E-state index in [0.717, 1.165) is 11.1 Å². The Kier molecular flexibility index (Phi) is 6.79. The number of rotatable bonds is 6. The number of nitrogens with zero attached hydrogens (tertiary/aromatic N) is 2. The number of thiazole rings is 1. The topological polar surface area (TPSA) is 79.1 Å². The van der Waals surface area contributed by atoms with Crippen molar-refractivity contribution in [2.75, 3.05) is 21.3 Å². The van der Waals surface area contributed by atoms with E-state index in [0.29, 0.717) is 32.1 Å². The van der Waals surface area contributed by atoms with E-state index in [2.05, 4.69) is 4.99 Å². The first-order valence-electron chi connectivity index (χ1n) is 10.5. The van der Waals surface area contributed by atoms with Crippen molar-refractivity contribution in [1.82, 2.24) is 4.57 Å². The van der Waals surface area contributed by atoms with Crippen LogP contribution in [0, 0.1) is 0 Å². The highest BCUT2D eigenvalue weighted by Crippen LogP contribution is 2.27. The summed E-state index contributed by atoms with van der Waals surface area (Å²) in [6.07, 6.45) is 5.47. The molecule has 7 nitrogen and oxygen atoms in total. The Bertz CT molecular complexity index is 1470. The van der Waals surface area contributed by atoms with Crippen molar-refractivity contribution in [2.45, 2.75) is 13.0 Å². The van der Waals surface area contributed by atoms with E-state index in [1.807, 2.05) is 48.6 Å². The van der Waals surface area contributed by atoms with Gasteiger partial charge in [-0.25, -0.2) is 9.79 Å². The van der Waals surface area contributed by atoms with E-state index < -0.39 is 12.0 Å². The number of carbonyl (C=O) groups excluding carboxylic acids is 1. The first kappa shape index (κ1) is 23.3. The summed E-state index contributed by atoms with van der Waals surface area (Å²) in [7, 11) is 4.46. The monoisotopic (exact) mass is 476 g/mol. The molecule has 1 atom stereocenters. The molecule has 0 fully saturated rings. The van der Waals surface area contributed by atoms with Crippen LogP contribution in [0.3, 0.4) is 0 Å². The van der Waals surface area contributed by atoms with Gasteiger partial charge in [0.15, 0.2) is 4.80 Å². The molecular formula is C26H24N2O5S. The zero-order valence-electron chi connectivity index (χ0n) is 19.3. The van der Waals surface area contributed by atoms with E-state index in [-0.39, 0.29) is 5.56 Å². The average Bonchev–Trinajstić information content (AvgIpc) is 3.17. The van der Waals surface area contributed by atoms with Crippen LogP contribution in [0.4, 0.5) is 0 Å². The van der Waals surface area contributed by atoms with Gasteiger partial charge in [0.1, 0.15) is 11.5 Å². The van der Waals surface area contributed by atoms with Crippen molar-refractivity contribution in [1.29, 1.82) is 0 Å². The minimum absolute atomic E-state index is 0.252. The summed E-state index contributed by atoms with van der Waals surface area (Å²) in [6, 6.07) is 14.4. The van der Waals surface area contributed by atoms with Crippen LogP contribution in [-0.2, 0) is 9.53 Å². The highest BCUT2D eigenvalue weighted by molar-refractivity contribution is 7.07. The van der Waals surface area contributed by atoms with E-state index in [9.17, 15) is 9.59 Å². The van der Waals surface area contributed by atoms with Crippen LogP contribution >= 0.6 is 11.3 Å². The highest BCUT2D eigenvalue weighted by atomic mass is 32.1. The third-order valence-corrected chi connectivity index (χ3v) is 6.45. The van der Waals surface area contributed by atoms with E-state index >= 15 is 0 Å². The molecule has 0 amide bonds. The number of methoxy groups -OCH3 is 3. The van der Waals surface area contributed by atoms with E-state index in [1.54, 1.807) is 39.4 Å². The molecule has 0 saturated carbocycles. The second-order valence-corrected chi connectivity index (χ2v) is 8.50. The lowest BCUT2D eigenvalue weighted by Gasteiger charge is -2.21. The van der Waals surface area contributed by atoms with Gasteiger partial charge in [0.2, 0.25) is 0 Å². The first-order chi connectivity index (χ1) is 16.5. The highest BCUT2D eigenvalue weighted by Gasteiger charge is 2.30. The summed E-state index contributed by atoms with van der Waals surface area (Å²) in [5.41, 5.74) is 2.28. The van der Waals surface area contributed by atoms with Crippen molar-refractivity contribution in [3.63, 3.8) is 0 Å². The summed E-state index contributed by atoms with van der Waals surface area (Å²) in [6.45, 7) is 1.75. The molecule has 3 aromatic rings. The number of esters is 1. The molecule has 1 aliphatic heterocycles. The van der Waals surface area contributed by atoms with Crippen LogP contribution in [-0.4, -0.2) is 31.9 Å². The predicted molar refractivity (Wildman–Crippen MR) is 132 cm³/mol. The van der Waals surface area contributed by atoms with Gasteiger partial charge in [0.25, 0.3) is 5.56 Å². The van der Waals surface area contributed by atoms with Crippen LogP contribution in [0.1, 0.15) is 24.1 Å². The maximum atomic E-state index is 13.5. The van der Waals surface area contributed by atoms with Crippen LogP contribution in [0.5, 0.6) is 11.5 Å². The third-order valence-electron chi connectivity index (χ3n) is 5.47. The van der Waals surface area contributed by atoms with Gasteiger partial charge in [-0.2, -0.15) is 0 Å². The molecule has 0 N–H and O–H groups in total. The van der Waals surface area contributed by atoms with Crippen molar-refractivity contribution < 1.29 is 19.0 Å². The Balaban J connectivity index is 1.88. The largest absolute Gasteiger partial charge is 0.497 e. The molecule has 0 bridgehead atoms. The third kappa shape index (κ3) is 4.45. The van der Waals surface area contributed by atoms with Gasteiger partial charge >= 0.3 is 5.97 Å². The van der Waals surface area contributed by atoms with Crippen LogP contribution in [0.15, 0.2) is 75.7 Å². The fourth-order valence-electron chi connectivity index (χ4n) is 3.76. The molecule has 4 rings (SSSR count). The normalized spacial score (nSPS) is 15.8. The lowest BCUT2D eigenvalue weighted by Crippen LogP contribution is -2.38. The molecule has 1 aromatic heterocycles. The Labute approximate surface area is 200 Å². The number of hydrogen-bond acceptors (Lipinski definition) is 7. The number of allylic oxidation sites excluding steroid dienone is 2. The molecule has 2 heterocycles. The second-order valence-electron chi connectivity index (χ2n) is 7.49. The Morgan fingerprint density at radius 2 is 1.85 bits per heavy atom. The van der Waals surface area contributed by atoms with Gasteiger partial charge < -0.3 is 14.2 Å². The smallest absolute Gasteiger partial charge is 0.338 e. The van der Waals surface area contributed by atoms with Crippen molar-refractivity contribution in [2.24, 2.45) is 4.99 Å². The van der Waals surface area contributed by atoms with Crippen LogP contribution in [0.25, 0.3) is 12.2 Å². The zero-order valence-corrected chi connectivity index (χ0v) is 20.1. The molecule has 174 valence electrons. The van der Waals surface area contributed by atoms with Crippen molar-refractivity contribution in [3.05, 3.63) is 96.7 Å². The van der Waals surface area contributed by atoms with Gasteiger partial charge in [-0.3, -0.25) is 9.36 Å². The Hall–Kier alpha value is -3.91. The standard InChI is InChI=1S/C26H24N2O5S/c1-16-23(25(30)33-4)20(13-10-17-8-6-5-7-9-17)28-24(29)22(34-26(28)27-16)14-18-11-12-19(31-2)15-21(18)32-3/h5-15,20H,1-4H3. The van der Waals surface area contributed by atoms with Gasteiger partial charge in [-0.1, -0.05) is 53.8 Å². The van der Waals surface area contributed by atoms with Crippen LogP contribution < -0.4 is 24.4 Å².